The van der Waals surface area contributed by atoms with Gasteiger partial charge in [0.2, 0.25) is 5.91 Å². The first kappa shape index (κ1) is 33.5. The molecule has 0 bridgehead atoms. The lowest BCUT2D eigenvalue weighted by molar-refractivity contribution is -0.142. The van der Waals surface area contributed by atoms with Gasteiger partial charge in [-0.3, -0.25) is 4.79 Å². The molecule has 10 nitrogen and oxygen atoms in total. The van der Waals surface area contributed by atoms with E-state index in [9.17, 15) is 23.1 Å². The van der Waals surface area contributed by atoms with Gasteiger partial charge in [0.25, 0.3) is 0 Å². The fraction of sp³-hybridized carbons (Fsp3) is 0.278. The standard InChI is InChI=1S/C36H38N2O8S/c1-44-30-15-9-16-31(45-2)33(30)27-18-17-26(32(22-27)46-23-25-11-5-3-6-12-25)21-29(34(39)40)38-35(41)36(19-10-20-37-24-36)47(42,43)28-13-7-4-8-14-28/h3-9,11-18,22,29,37H,10,19-21,23-24H2,1-2H3,(H,38,41)(H,39,40)/t29-,36?/m0/s1. The highest BCUT2D eigenvalue weighted by Gasteiger charge is 2.52. The molecule has 11 heteroatoms. The van der Waals surface area contributed by atoms with E-state index < -0.39 is 32.5 Å². The molecule has 4 aromatic rings. The number of rotatable bonds is 13. The van der Waals surface area contributed by atoms with Crippen molar-refractivity contribution in [2.75, 3.05) is 27.3 Å². The number of carboxylic acids is 1. The number of aliphatic carboxylic acids is 1. The number of nitrogens with one attached hydrogen (secondary N) is 2. The normalized spacial score (nSPS) is 16.9. The van der Waals surface area contributed by atoms with Crippen LogP contribution < -0.4 is 24.8 Å². The molecule has 47 heavy (non-hydrogen) atoms. The van der Waals surface area contributed by atoms with Gasteiger partial charge in [-0.1, -0.05) is 66.7 Å². The Morgan fingerprint density at radius 3 is 2.15 bits per heavy atom. The Morgan fingerprint density at radius 1 is 0.894 bits per heavy atom. The zero-order valence-electron chi connectivity index (χ0n) is 26.3. The van der Waals surface area contributed by atoms with E-state index in [1.807, 2.05) is 48.5 Å². The van der Waals surface area contributed by atoms with Gasteiger partial charge in [-0.05, 0) is 66.4 Å². The number of sulfone groups is 1. The number of methoxy groups -OCH3 is 2. The molecular formula is C36H38N2O8S. The van der Waals surface area contributed by atoms with Crippen molar-refractivity contribution in [2.24, 2.45) is 0 Å². The Balaban J connectivity index is 1.50. The Hall–Kier alpha value is -4.87. The van der Waals surface area contributed by atoms with E-state index in [1.54, 1.807) is 50.6 Å². The molecule has 1 amide bonds. The zero-order chi connectivity index (χ0) is 33.4. The van der Waals surface area contributed by atoms with Crippen molar-refractivity contribution in [3.63, 3.8) is 0 Å². The van der Waals surface area contributed by atoms with Crippen LogP contribution >= 0.6 is 0 Å². The first-order valence-corrected chi connectivity index (χ1v) is 16.7. The maximum atomic E-state index is 14.0. The second-order valence-corrected chi connectivity index (χ2v) is 13.6. The van der Waals surface area contributed by atoms with Gasteiger partial charge in [-0.2, -0.15) is 0 Å². The minimum atomic E-state index is -4.18. The van der Waals surface area contributed by atoms with Crippen molar-refractivity contribution in [1.29, 1.82) is 0 Å². The maximum Gasteiger partial charge on any atom is 0.326 e. The van der Waals surface area contributed by atoms with Crippen molar-refractivity contribution in [3.05, 3.63) is 108 Å². The van der Waals surface area contributed by atoms with Crippen LogP contribution in [0.5, 0.6) is 17.2 Å². The summed E-state index contributed by atoms with van der Waals surface area (Å²) in [6.07, 6.45) is 0.322. The van der Waals surface area contributed by atoms with Gasteiger partial charge < -0.3 is 30.0 Å². The molecule has 3 N–H and O–H groups in total. The SMILES string of the molecule is COc1cccc(OC)c1-c1ccc(C[C@H](NC(=O)C2(S(=O)(=O)c3ccccc3)CCCNC2)C(=O)O)c(OCc2ccccc2)c1. The van der Waals surface area contributed by atoms with Gasteiger partial charge in [0.15, 0.2) is 14.6 Å². The minimum absolute atomic E-state index is 0.00433. The van der Waals surface area contributed by atoms with Crippen molar-refractivity contribution >= 4 is 21.7 Å². The van der Waals surface area contributed by atoms with Crippen molar-refractivity contribution < 1.29 is 37.3 Å². The maximum absolute atomic E-state index is 14.0. The van der Waals surface area contributed by atoms with Crippen LogP contribution in [0.25, 0.3) is 11.1 Å². The molecule has 1 unspecified atom stereocenters. The molecule has 2 atom stereocenters. The van der Waals surface area contributed by atoms with Crippen LogP contribution in [0.2, 0.25) is 0 Å². The highest BCUT2D eigenvalue weighted by molar-refractivity contribution is 7.93. The molecule has 4 aromatic carbocycles. The fourth-order valence-electron chi connectivity index (χ4n) is 5.84. The molecule has 5 rings (SSSR count). The summed E-state index contributed by atoms with van der Waals surface area (Å²) < 4.78 is 43.5. The monoisotopic (exact) mass is 658 g/mol. The summed E-state index contributed by atoms with van der Waals surface area (Å²) in [5.74, 6) is -0.617. The van der Waals surface area contributed by atoms with Crippen LogP contribution in [-0.4, -0.2) is 63.5 Å². The average Bonchev–Trinajstić information content (AvgIpc) is 3.11. The first-order chi connectivity index (χ1) is 22.7. The number of carbonyl (C=O) groups excluding carboxylic acids is 1. The Morgan fingerprint density at radius 2 is 1.55 bits per heavy atom. The quantitative estimate of drug-likeness (QED) is 0.187. The van der Waals surface area contributed by atoms with Gasteiger partial charge in [0.1, 0.15) is 29.9 Å². The first-order valence-electron chi connectivity index (χ1n) is 15.3. The lowest BCUT2D eigenvalue weighted by Crippen LogP contribution is -2.62. The molecule has 1 aliphatic rings. The third-order valence-electron chi connectivity index (χ3n) is 8.37. The van der Waals surface area contributed by atoms with Crippen LogP contribution in [0.4, 0.5) is 0 Å². The molecule has 246 valence electrons. The summed E-state index contributed by atoms with van der Waals surface area (Å²) >= 11 is 0. The Bertz CT molecular complexity index is 1790. The molecule has 1 heterocycles. The third kappa shape index (κ3) is 7.11. The molecule has 1 saturated heterocycles. The van der Waals surface area contributed by atoms with Gasteiger partial charge >= 0.3 is 5.97 Å². The van der Waals surface area contributed by atoms with Gasteiger partial charge in [-0.15, -0.1) is 0 Å². The van der Waals surface area contributed by atoms with E-state index in [0.29, 0.717) is 46.9 Å². The molecule has 0 aliphatic carbocycles. The Kier molecular flexibility index (Phi) is 10.5. The highest BCUT2D eigenvalue weighted by Crippen LogP contribution is 2.40. The van der Waals surface area contributed by atoms with E-state index in [0.717, 1.165) is 5.56 Å². The highest BCUT2D eigenvalue weighted by atomic mass is 32.2. The Labute approximate surface area is 274 Å². The minimum Gasteiger partial charge on any atom is -0.496 e. The van der Waals surface area contributed by atoms with Crippen LogP contribution in [0.15, 0.2) is 102 Å². The smallest absolute Gasteiger partial charge is 0.326 e. The van der Waals surface area contributed by atoms with Crippen LogP contribution in [0, 0.1) is 0 Å². The van der Waals surface area contributed by atoms with Crippen LogP contribution in [-0.2, 0) is 32.5 Å². The van der Waals surface area contributed by atoms with Crippen molar-refractivity contribution in [2.45, 2.75) is 41.6 Å². The number of carbonyl (C=O) groups is 2. The predicted molar refractivity (Wildman–Crippen MR) is 177 cm³/mol. The van der Waals surface area contributed by atoms with Crippen molar-refractivity contribution in [1.82, 2.24) is 10.6 Å². The van der Waals surface area contributed by atoms with Crippen LogP contribution in [0.3, 0.4) is 0 Å². The molecule has 0 aromatic heterocycles. The third-order valence-corrected chi connectivity index (χ3v) is 10.8. The number of carboxylic acid groups (broad SMARTS) is 1. The molecule has 0 saturated carbocycles. The summed E-state index contributed by atoms with van der Waals surface area (Å²) in [4.78, 5) is 26.6. The topological polar surface area (TPSA) is 140 Å². The van der Waals surface area contributed by atoms with Crippen LogP contribution in [0.1, 0.15) is 24.0 Å². The van der Waals surface area contributed by atoms with Gasteiger partial charge in [0, 0.05) is 13.0 Å². The van der Waals surface area contributed by atoms with Crippen molar-refractivity contribution in [3.8, 4) is 28.4 Å². The summed E-state index contributed by atoms with van der Waals surface area (Å²) in [6, 6.07) is 26.6. The zero-order valence-corrected chi connectivity index (χ0v) is 27.1. The molecule has 1 aliphatic heterocycles. The van der Waals surface area contributed by atoms with E-state index in [2.05, 4.69) is 10.6 Å². The molecule has 0 radical (unpaired) electrons. The summed E-state index contributed by atoms with van der Waals surface area (Å²) in [5.41, 5.74) is 2.81. The summed E-state index contributed by atoms with van der Waals surface area (Å²) in [6.45, 7) is 0.616. The predicted octanol–water partition coefficient (Wildman–Crippen LogP) is 4.66. The van der Waals surface area contributed by atoms with Gasteiger partial charge in [-0.25, -0.2) is 13.2 Å². The largest absolute Gasteiger partial charge is 0.496 e. The second-order valence-electron chi connectivity index (χ2n) is 11.3. The summed E-state index contributed by atoms with van der Waals surface area (Å²) in [7, 11) is -1.06. The van der Waals surface area contributed by atoms with Gasteiger partial charge in [0.05, 0.1) is 24.7 Å². The fourth-order valence-corrected chi connectivity index (χ4v) is 7.82. The molecule has 0 spiro atoms. The van der Waals surface area contributed by atoms with E-state index in [1.165, 1.54) is 12.1 Å². The van der Waals surface area contributed by atoms with E-state index in [-0.39, 0.29) is 30.9 Å². The number of hydrogen-bond donors (Lipinski definition) is 3. The lowest BCUT2D eigenvalue weighted by atomic mass is 9.95. The number of ether oxygens (including phenoxy) is 3. The van der Waals surface area contributed by atoms with E-state index >= 15 is 0 Å². The lowest BCUT2D eigenvalue weighted by Gasteiger charge is -2.36. The average molecular weight is 659 g/mol. The number of amides is 1. The van der Waals surface area contributed by atoms with E-state index in [4.69, 9.17) is 14.2 Å². The number of benzene rings is 4. The number of piperidine rings is 1. The molecular weight excluding hydrogens is 620 g/mol. The second kappa shape index (κ2) is 14.7. The molecule has 1 fully saturated rings. The number of hydrogen-bond acceptors (Lipinski definition) is 8. The summed E-state index contributed by atoms with van der Waals surface area (Å²) in [5, 5.41) is 15.9.